The Balaban J connectivity index is 2.25. The molecule has 1 aliphatic heterocycles. The first kappa shape index (κ1) is 24.0. The standard InChI is InChI=1S/C21H35N5O4/c1-20(2,3)16(28)9-8-13-11-26(24-23-13)17(21(4,5)6)19(30)25-12-14(27)10-15(25)18(29)22-7/h11,14-15,17,27H,8-10,12H2,1-7H3,(H,22,29)/t14-,15+,17-/m1/s1. The lowest BCUT2D eigenvalue weighted by Gasteiger charge is -2.34. The number of aliphatic hydroxyl groups excluding tert-OH is 1. The van der Waals surface area contributed by atoms with E-state index >= 15 is 0 Å². The molecule has 2 N–H and O–H groups in total. The zero-order chi connectivity index (χ0) is 22.9. The van der Waals surface area contributed by atoms with Crippen molar-refractivity contribution in [2.45, 2.75) is 79.0 Å². The molecule has 2 rings (SSSR count). The SMILES string of the molecule is CNC(=O)[C@@H]1C[C@@H](O)CN1C(=O)[C@@H](n1cc(CCC(=O)C(C)(C)C)nn1)C(C)(C)C. The van der Waals surface area contributed by atoms with Gasteiger partial charge < -0.3 is 15.3 Å². The molecular weight excluding hydrogens is 386 g/mol. The molecular formula is C21H35N5O4. The van der Waals surface area contributed by atoms with Crippen molar-refractivity contribution in [3.05, 3.63) is 11.9 Å². The number of nitrogens with one attached hydrogen (secondary N) is 1. The summed E-state index contributed by atoms with van der Waals surface area (Å²) in [5, 5.41) is 21.0. The Kier molecular flexibility index (Phi) is 7.06. The maximum Gasteiger partial charge on any atom is 0.248 e. The lowest BCUT2D eigenvalue weighted by molar-refractivity contribution is -0.144. The molecule has 0 aromatic carbocycles. The molecule has 0 unspecified atom stereocenters. The number of aryl methyl sites for hydroxylation is 1. The molecule has 0 saturated carbocycles. The van der Waals surface area contributed by atoms with Gasteiger partial charge in [0.15, 0.2) is 0 Å². The fourth-order valence-corrected chi connectivity index (χ4v) is 3.68. The Hall–Kier alpha value is -2.29. The zero-order valence-corrected chi connectivity index (χ0v) is 19.1. The highest BCUT2D eigenvalue weighted by Gasteiger charge is 2.45. The number of Topliss-reactive ketones (excluding diaryl/α,β-unsaturated/α-hetero) is 1. The summed E-state index contributed by atoms with van der Waals surface area (Å²) in [5.74, 6) is -0.442. The lowest BCUT2D eigenvalue weighted by atomic mass is 9.85. The summed E-state index contributed by atoms with van der Waals surface area (Å²) in [6, 6.07) is -1.41. The van der Waals surface area contributed by atoms with Crippen LogP contribution in [0.2, 0.25) is 0 Å². The average molecular weight is 422 g/mol. The van der Waals surface area contributed by atoms with Crippen molar-refractivity contribution >= 4 is 17.6 Å². The van der Waals surface area contributed by atoms with Crippen molar-refractivity contribution in [1.29, 1.82) is 0 Å². The maximum absolute atomic E-state index is 13.5. The molecule has 168 valence electrons. The minimum absolute atomic E-state index is 0.102. The Labute approximate surface area is 178 Å². The van der Waals surface area contributed by atoms with Crippen LogP contribution in [0, 0.1) is 10.8 Å². The topological polar surface area (TPSA) is 117 Å². The van der Waals surface area contributed by atoms with Crippen LogP contribution in [0.15, 0.2) is 6.20 Å². The molecule has 3 atom stereocenters. The number of rotatable bonds is 6. The molecule has 9 heteroatoms. The molecule has 1 saturated heterocycles. The van der Waals surface area contributed by atoms with Gasteiger partial charge in [0, 0.05) is 44.5 Å². The van der Waals surface area contributed by atoms with E-state index in [4.69, 9.17) is 0 Å². The summed E-state index contributed by atoms with van der Waals surface area (Å²) in [6.07, 6.45) is 1.97. The molecule has 0 bridgehead atoms. The van der Waals surface area contributed by atoms with Crippen LogP contribution in [0.4, 0.5) is 0 Å². The molecule has 1 aromatic rings. The fourth-order valence-electron chi connectivity index (χ4n) is 3.68. The van der Waals surface area contributed by atoms with Crippen molar-refractivity contribution in [1.82, 2.24) is 25.2 Å². The highest BCUT2D eigenvalue weighted by atomic mass is 16.3. The minimum Gasteiger partial charge on any atom is -0.391 e. The van der Waals surface area contributed by atoms with Gasteiger partial charge in [-0.3, -0.25) is 14.4 Å². The van der Waals surface area contributed by atoms with Gasteiger partial charge in [-0.1, -0.05) is 46.8 Å². The van der Waals surface area contributed by atoms with E-state index in [9.17, 15) is 19.5 Å². The number of likely N-dealkylation sites (tertiary alicyclic amines) is 1. The van der Waals surface area contributed by atoms with Crippen LogP contribution in [0.25, 0.3) is 0 Å². The smallest absolute Gasteiger partial charge is 0.248 e. The van der Waals surface area contributed by atoms with Crippen LogP contribution in [-0.2, 0) is 20.8 Å². The molecule has 1 aromatic heterocycles. The first-order chi connectivity index (χ1) is 13.8. The lowest BCUT2D eigenvalue weighted by Crippen LogP contribution is -2.49. The van der Waals surface area contributed by atoms with E-state index in [0.717, 1.165) is 0 Å². The number of carbonyl (C=O) groups excluding carboxylic acids is 3. The van der Waals surface area contributed by atoms with Crippen molar-refractivity contribution in [2.24, 2.45) is 10.8 Å². The van der Waals surface area contributed by atoms with E-state index in [2.05, 4.69) is 15.6 Å². The van der Waals surface area contributed by atoms with E-state index in [1.54, 1.807) is 6.20 Å². The number of amides is 2. The molecule has 2 heterocycles. The Morgan fingerprint density at radius 1 is 1.23 bits per heavy atom. The van der Waals surface area contributed by atoms with Crippen molar-refractivity contribution in [2.75, 3.05) is 13.6 Å². The molecule has 9 nitrogen and oxygen atoms in total. The van der Waals surface area contributed by atoms with E-state index in [1.807, 2.05) is 41.5 Å². The first-order valence-electron chi connectivity index (χ1n) is 10.4. The Morgan fingerprint density at radius 3 is 2.40 bits per heavy atom. The monoisotopic (exact) mass is 421 g/mol. The summed E-state index contributed by atoms with van der Waals surface area (Å²) in [4.78, 5) is 39.3. The maximum atomic E-state index is 13.5. The summed E-state index contributed by atoms with van der Waals surface area (Å²) < 4.78 is 1.52. The number of aromatic nitrogens is 3. The molecule has 30 heavy (non-hydrogen) atoms. The van der Waals surface area contributed by atoms with Crippen molar-refractivity contribution < 1.29 is 19.5 Å². The normalized spacial score (nSPS) is 20.9. The highest BCUT2D eigenvalue weighted by molar-refractivity contribution is 5.90. The number of β-amino-alcohol motifs (C(OH)–C–C–N with tert-alkyl or cyclic N) is 1. The van der Waals surface area contributed by atoms with E-state index < -0.39 is 29.0 Å². The van der Waals surface area contributed by atoms with E-state index in [1.165, 1.54) is 16.6 Å². The van der Waals surface area contributed by atoms with Crippen molar-refractivity contribution in [3.8, 4) is 0 Å². The van der Waals surface area contributed by atoms with Crippen LogP contribution >= 0.6 is 0 Å². The van der Waals surface area contributed by atoms with Gasteiger partial charge in [0.2, 0.25) is 11.8 Å². The zero-order valence-electron chi connectivity index (χ0n) is 19.1. The highest BCUT2D eigenvalue weighted by Crippen LogP contribution is 2.34. The molecule has 1 aliphatic rings. The molecule has 2 amide bonds. The summed E-state index contributed by atoms with van der Waals surface area (Å²) in [7, 11) is 1.51. The second-order valence-electron chi connectivity index (χ2n) is 10.1. The van der Waals surface area contributed by atoms with E-state index in [0.29, 0.717) is 18.5 Å². The number of carbonyl (C=O) groups is 3. The van der Waals surface area contributed by atoms with Gasteiger partial charge in [-0.25, -0.2) is 4.68 Å². The number of nitrogens with zero attached hydrogens (tertiary/aromatic N) is 4. The predicted molar refractivity (Wildman–Crippen MR) is 111 cm³/mol. The van der Waals surface area contributed by atoms with Crippen LogP contribution in [-0.4, -0.2) is 68.3 Å². The number of aliphatic hydroxyl groups is 1. The minimum atomic E-state index is -0.744. The Bertz CT molecular complexity index is 790. The number of likely N-dealkylation sites (N-methyl/N-ethyl adjacent to an activating group) is 1. The summed E-state index contributed by atoms with van der Waals surface area (Å²) >= 11 is 0. The van der Waals surface area contributed by atoms with Crippen LogP contribution in [0.1, 0.15) is 66.1 Å². The quantitative estimate of drug-likeness (QED) is 0.711. The predicted octanol–water partition coefficient (Wildman–Crippen LogP) is 1.12. The van der Waals surface area contributed by atoms with Crippen LogP contribution < -0.4 is 5.32 Å². The third kappa shape index (κ3) is 5.44. The van der Waals surface area contributed by atoms with Gasteiger partial charge in [-0.15, -0.1) is 5.10 Å². The van der Waals surface area contributed by atoms with Crippen molar-refractivity contribution in [3.63, 3.8) is 0 Å². The molecule has 0 spiro atoms. The number of hydrogen-bond donors (Lipinski definition) is 2. The van der Waals surface area contributed by atoms with Gasteiger partial charge in [0.1, 0.15) is 17.9 Å². The van der Waals surface area contributed by atoms with Gasteiger partial charge in [0.25, 0.3) is 0 Å². The fraction of sp³-hybridized carbons (Fsp3) is 0.762. The second kappa shape index (κ2) is 8.83. The van der Waals surface area contributed by atoms with E-state index in [-0.39, 0.29) is 30.6 Å². The molecule has 0 aliphatic carbocycles. The second-order valence-corrected chi connectivity index (χ2v) is 10.1. The average Bonchev–Trinajstić information content (AvgIpc) is 3.23. The largest absolute Gasteiger partial charge is 0.391 e. The van der Waals surface area contributed by atoms with Crippen LogP contribution in [0.5, 0.6) is 0 Å². The van der Waals surface area contributed by atoms with Crippen LogP contribution in [0.3, 0.4) is 0 Å². The molecule has 1 fully saturated rings. The third-order valence-corrected chi connectivity index (χ3v) is 5.43. The Morgan fingerprint density at radius 2 is 1.87 bits per heavy atom. The summed E-state index contributed by atoms with van der Waals surface area (Å²) in [6.45, 7) is 11.5. The van der Waals surface area contributed by atoms with Gasteiger partial charge in [-0.05, 0) is 5.41 Å². The van der Waals surface area contributed by atoms with Gasteiger partial charge in [-0.2, -0.15) is 0 Å². The number of hydrogen-bond acceptors (Lipinski definition) is 6. The number of ketones is 1. The first-order valence-corrected chi connectivity index (χ1v) is 10.4. The van der Waals surface area contributed by atoms with Gasteiger partial charge in [0.05, 0.1) is 11.8 Å². The van der Waals surface area contributed by atoms with Gasteiger partial charge >= 0.3 is 0 Å². The molecule has 0 radical (unpaired) electrons. The third-order valence-electron chi connectivity index (χ3n) is 5.43. The summed E-state index contributed by atoms with van der Waals surface area (Å²) in [5.41, 5.74) is -0.283.